The van der Waals surface area contributed by atoms with E-state index in [4.69, 9.17) is 0 Å². The van der Waals surface area contributed by atoms with Crippen molar-refractivity contribution in [3.8, 4) is 0 Å². The highest BCUT2D eigenvalue weighted by atomic mass is 16.2. The molecule has 0 spiro atoms. The third kappa shape index (κ3) is 1.92. The van der Waals surface area contributed by atoms with Crippen LogP contribution in [0.2, 0.25) is 0 Å². The van der Waals surface area contributed by atoms with Gasteiger partial charge in [0.05, 0.1) is 19.6 Å². The summed E-state index contributed by atoms with van der Waals surface area (Å²) in [7, 11) is 1.74. The number of carbonyl (C=O) groups excluding carboxylic acids is 1. The number of quaternary nitrogens is 1. The Kier molecular flexibility index (Phi) is 3.93. The number of amides is 1. The van der Waals surface area contributed by atoms with Gasteiger partial charge in [-0.15, -0.1) is 0 Å². The minimum absolute atomic E-state index is 0.174. The molecule has 1 N–H and O–H groups in total. The van der Waals surface area contributed by atoms with Gasteiger partial charge in [0.1, 0.15) is 0 Å². The van der Waals surface area contributed by atoms with E-state index < -0.39 is 0 Å². The van der Waals surface area contributed by atoms with Crippen molar-refractivity contribution < 1.29 is 9.28 Å². The van der Waals surface area contributed by atoms with E-state index >= 15 is 0 Å². The van der Waals surface area contributed by atoms with E-state index in [9.17, 15) is 4.79 Å². The van der Waals surface area contributed by atoms with E-state index in [2.05, 4.69) is 19.2 Å². The van der Waals surface area contributed by atoms with Gasteiger partial charge in [0.25, 0.3) is 5.91 Å². The topological polar surface area (TPSA) is 29.1 Å². The van der Waals surface area contributed by atoms with Crippen LogP contribution in [0.25, 0.3) is 0 Å². The van der Waals surface area contributed by atoms with Crippen molar-refractivity contribution in [2.45, 2.75) is 39.2 Å². The molecule has 0 bridgehead atoms. The number of hydrogen-bond donors (Lipinski definition) is 1. The van der Waals surface area contributed by atoms with Crippen molar-refractivity contribution in [1.82, 2.24) is 5.32 Å². The summed E-state index contributed by atoms with van der Waals surface area (Å²) in [5, 5.41) is 2.80. The van der Waals surface area contributed by atoms with Crippen LogP contribution in [0.1, 0.15) is 33.1 Å². The summed E-state index contributed by atoms with van der Waals surface area (Å²) in [5.41, 5.74) is 0. The molecular formula is C11H23N2O+. The zero-order chi connectivity index (χ0) is 10.6. The maximum Gasteiger partial charge on any atom is 0.278 e. The van der Waals surface area contributed by atoms with Gasteiger partial charge in [0.2, 0.25) is 0 Å². The highest BCUT2D eigenvalue weighted by Gasteiger charge is 2.41. The standard InChI is InChI=1S/C11H22N2O/c1-4-10(11(14)12-3)13(5-2)8-6-7-9-13/h10H,4-9H2,1-3H3/p+1. The highest BCUT2D eigenvalue weighted by Crippen LogP contribution is 2.25. The normalized spacial score (nSPS) is 21.9. The predicted octanol–water partition coefficient (Wildman–Crippen LogP) is 1.14. The molecule has 0 aromatic heterocycles. The molecule has 0 aromatic rings. The molecule has 1 aliphatic heterocycles. The average molecular weight is 199 g/mol. The maximum atomic E-state index is 11.8. The predicted molar refractivity (Wildman–Crippen MR) is 57.9 cm³/mol. The molecule has 1 saturated heterocycles. The van der Waals surface area contributed by atoms with Crippen LogP contribution in [0.4, 0.5) is 0 Å². The molecule has 1 amide bonds. The van der Waals surface area contributed by atoms with Gasteiger partial charge in [-0.2, -0.15) is 0 Å². The Morgan fingerprint density at radius 3 is 2.29 bits per heavy atom. The summed E-state index contributed by atoms with van der Waals surface area (Å²) in [5.74, 6) is 0.219. The average Bonchev–Trinajstić information content (AvgIpc) is 2.68. The summed E-state index contributed by atoms with van der Waals surface area (Å²) >= 11 is 0. The lowest BCUT2D eigenvalue weighted by Gasteiger charge is -2.39. The van der Waals surface area contributed by atoms with Gasteiger partial charge in [-0.1, -0.05) is 6.92 Å². The first-order valence-electron chi connectivity index (χ1n) is 5.77. The zero-order valence-electron chi connectivity index (χ0n) is 9.68. The lowest BCUT2D eigenvalue weighted by Crippen LogP contribution is -2.58. The largest absolute Gasteiger partial charge is 0.354 e. The van der Waals surface area contributed by atoms with Crippen LogP contribution in [0.15, 0.2) is 0 Å². The second kappa shape index (κ2) is 4.78. The zero-order valence-corrected chi connectivity index (χ0v) is 9.68. The summed E-state index contributed by atoms with van der Waals surface area (Å²) < 4.78 is 1.01. The van der Waals surface area contributed by atoms with Crippen LogP contribution in [-0.4, -0.2) is 43.1 Å². The minimum atomic E-state index is 0.174. The van der Waals surface area contributed by atoms with E-state index in [0.717, 1.165) is 17.4 Å². The highest BCUT2D eigenvalue weighted by molar-refractivity contribution is 5.80. The molecule has 1 rings (SSSR count). The van der Waals surface area contributed by atoms with Crippen LogP contribution in [-0.2, 0) is 4.79 Å². The Labute approximate surface area is 87.1 Å². The minimum Gasteiger partial charge on any atom is -0.354 e. The number of rotatable bonds is 4. The second-order valence-corrected chi connectivity index (χ2v) is 4.23. The molecule has 1 fully saturated rings. The van der Waals surface area contributed by atoms with Crippen molar-refractivity contribution in [3.63, 3.8) is 0 Å². The van der Waals surface area contributed by atoms with Crippen molar-refractivity contribution in [2.24, 2.45) is 0 Å². The van der Waals surface area contributed by atoms with Crippen molar-refractivity contribution in [2.75, 3.05) is 26.7 Å². The summed E-state index contributed by atoms with van der Waals surface area (Å²) in [4.78, 5) is 11.8. The molecule has 0 aromatic carbocycles. The monoisotopic (exact) mass is 199 g/mol. The molecule has 1 heterocycles. The molecule has 82 valence electrons. The quantitative estimate of drug-likeness (QED) is 0.676. The summed E-state index contributed by atoms with van der Waals surface area (Å²) in [6.07, 6.45) is 3.51. The van der Waals surface area contributed by atoms with Crippen LogP contribution in [0.5, 0.6) is 0 Å². The van der Waals surface area contributed by atoms with Crippen molar-refractivity contribution >= 4 is 5.91 Å². The molecule has 1 atom stereocenters. The van der Waals surface area contributed by atoms with E-state index in [1.807, 2.05) is 0 Å². The van der Waals surface area contributed by atoms with Gasteiger partial charge in [-0.25, -0.2) is 0 Å². The molecule has 0 radical (unpaired) electrons. The third-order valence-electron chi connectivity index (χ3n) is 3.68. The Hall–Kier alpha value is -0.570. The first kappa shape index (κ1) is 11.5. The van der Waals surface area contributed by atoms with Gasteiger partial charge >= 0.3 is 0 Å². The Morgan fingerprint density at radius 2 is 1.93 bits per heavy atom. The molecule has 1 aliphatic rings. The molecule has 1 unspecified atom stereocenters. The number of nitrogens with zero attached hydrogens (tertiary/aromatic N) is 1. The van der Waals surface area contributed by atoms with E-state index in [0.29, 0.717) is 0 Å². The molecule has 0 aliphatic carbocycles. The number of carbonyl (C=O) groups is 1. The van der Waals surface area contributed by atoms with Gasteiger partial charge in [0.15, 0.2) is 6.04 Å². The van der Waals surface area contributed by atoms with E-state index in [1.165, 1.54) is 25.9 Å². The van der Waals surface area contributed by atoms with Crippen molar-refractivity contribution in [3.05, 3.63) is 0 Å². The second-order valence-electron chi connectivity index (χ2n) is 4.23. The van der Waals surface area contributed by atoms with E-state index in [1.54, 1.807) is 7.05 Å². The van der Waals surface area contributed by atoms with Crippen molar-refractivity contribution in [1.29, 1.82) is 0 Å². The van der Waals surface area contributed by atoms with Gasteiger partial charge < -0.3 is 9.80 Å². The fourth-order valence-corrected chi connectivity index (χ4v) is 2.80. The fraction of sp³-hybridized carbons (Fsp3) is 0.909. The molecule has 3 nitrogen and oxygen atoms in total. The Balaban J connectivity index is 2.78. The molecule has 0 saturated carbocycles. The smallest absolute Gasteiger partial charge is 0.278 e. The van der Waals surface area contributed by atoms with Gasteiger partial charge in [0, 0.05) is 26.3 Å². The van der Waals surface area contributed by atoms with Crippen LogP contribution in [0.3, 0.4) is 0 Å². The number of likely N-dealkylation sites (tertiary alicyclic amines) is 1. The number of nitrogens with one attached hydrogen (secondary N) is 1. The third-order valence-corrected chi connectivity index (χ3v) is 3.68. The number of likely N-dealkylation sites (N-methyl/N-ethyl adjacent to an activating group) is 2. The van der Waals surface area contributed by atoms with Crippen LogP contribution < -0.4 is 5.32 Å². The van der Waals surface area contributed by atoms with Crippen LogP contribution in [0, 0.1) is 0 Å². The molecular weight excluding hydrogens is 176 g/mol. The molecule has 14 heavy (non-hydrogen) atoms. The Bertz CT molecular complexity index is 197. The summed E-state index contributed by atoms with van der Waals surface area (Å²) in [6, 6.07) is 0.174. The summed E-state index contributed by atoms with van der Waals surface area (Å²) in [6.45, 7) is 7.78. The lowest BCUT2D eigenvalue weighted by atomic mass is 10.1. The Morgan fingerprint density at radius 1 is 1.36 bits per heavy atom. The van der Waals surface area contributed by atoms with Gasteiger partial charge in [-0.05, 0) is 6.92 Å². The lowest BCUT2D eigenvalue weighted by molar-refractivity contribution is -0.930. The maximum absolute atomic E-state index is 11.8. The van der Waals surface area contributed by atoms with Gasteiger partial charge in [-0.3, -0.25) is 4.79 Å². The first-order valence-corrected chi connectivity index (χ1v) is 5.77. The number of hydrogen-bond acceptors (Lipinski definition) is 1. The first-order chi connectivity index (χ1) is 6.70. The van der Waals surface area contributed by atoms with Crippen LogP contribution >= 0.6 is 0 Å². The SMILES string of the molecule is CCC(C(=O)NC)[N+]1(CC)CCCC1. The van der Waals surface area contributed by atoms with E-state index in [-0.39, 0.29) is 11.9 Å². The molecule has 3 heteroatoms. The fourth-order valence-electron chi connectivity index (χ4n) is 2.80.